The molecule has 0 bridgehead atoms. The highest BCUT2D eigenvalue weighted by molar-refractivity contribution is 8.18. The molecule has 34 heavy (non-hydrogen) atoms. The lowest BCUT2D eigenvalue weighted by Crippen LogP contribution is -2.44. The number of fused-ring (bicyclic) bond motifs is 1. The van der Waals surface area contributed by atoms with Crippen LogP contribution in [0, 0.1) is 6.92 Å². The van der Waals surface area contributed by atoms with Crippen molar-refractivity contribution >= 4 is 51.8 Å². The van der Waals surface area contributed by atoms with Crippen LogP contribution < -0.4 is 10.2 Å². The molecular formula is C27H29N3O3S. The second-order valence-corrected chi connectivity index (χ2v) is 10.1. The van der Waals surface area contributed by atoms with Gasteiger partial charge in [0.25, 0.3) is 11.1 Å². The zero-order valence-corrected chi connectivity index (χ0v) is 21.0. The first-order chi connectivity index (χ1) is 16.1. The molecule has 0 aliphatic carbocycles. The molecule has 0 spiro atoms. The zero-order valence-electron chi connectivity index (χ0n) is 20.1. The van der Waals surface area contributed by atoms with E-state index in [1.807, 2.05) is 13.0 Å². The quantitative estimate of drug-likeness (QED) is 0.563. The molecule has 1 saturated heterocycles. The number of rotatable bonds is 5. The minimum atomic E-state index is -0.445. The van der Waals surface area contributed by atoms with Crippen molar-refractivity contribution in [3.8, 4) is 0 Å². The van der Waals surface area contributed by atoms with Gasteiger partial charge in [-0.3, -0.25) is 19.3 Å². The van der Waals surface area contributed by atoms with Crippen molar-refractivity contribution in [1.29, 1.82) is 0 Å². The fraction of sp³-hybridized carbons (Fsp3) is 0.296. The van der Waals surface area contributed by atoms with Crippen LogP contribution in [-0.4, -0.2) is 40.6 Å². The maximum atomic E-state index is 13.0. The van der Waals surface area contributed by atoms with Gasteiger partial charge >= 0.3 is 0 Å². The summed E-state index contributed by atoms with van der Waals surface area (Å²) in [5, 5.41) is 2.27. The van der Waals surface area contributed by atoms with Crippen LogP contribution in [0.3, 0.4) is 0 Å². The van der Waals surface area contributed by atoms with E-state index in [9.17, 15) is 14.4 Å². The van der Waals surface area contributed by atoms with Crippen LogP contribution in [-0.2, 0) is 9.59 Å². The summed E-state index contributed by atoms with van der Waals surface area (Å²) in [5.74, 6) is -0.860. The van der Waals surface area contributed by atoms with Gasteiger partial charge in [-0.25, -0.2) is 0 Å². The number of benzene rings is 2. The monoisotopic (exact) mass is 475 g/mol. The molecule has 6 nitrogen and oxygen atoms in total. The summed E-state index contributed by atoms with van der Waals surface area (Å²) in [4.78, 5) is 41.6. The zero-order chi connectivity index (χ0) is 24.6. The molecule has 0 atom stereocenters. The van der Waals surface area contributed by atoms with Gasteiger partial charge in [-0.2, -0.15) is 0 Å². The topological polar surface area (TPSA) is 69.7 Å². The number of hydrogen-bond donors (Lipinski definition) is 1. The van der Waals surface area contributed by atoms with Gasteiger partial charge in [0.05, 0.1) is 10.4 Å². The Kier molecular flexibility index (Phi) is 6.41. The lowest BCUT2D eigenvalue weighted by Gasteiger charge is -2.43. The molecule has 2 heterocycles. The van der Waals surface area contributed by atoms with Crippen molar-refractivity contribution < 1.29 is 14.4 Å². The summed E-state index contributed by atoms with van der Waals surface area (Å²) >= 11 is 0.870. The van der Waals surface area contributed by atoms with Gasteiger partial charge in [0.15, 0.2) is 0 Å². The van der Waals surface area contributed by atoms with Crippen LogP contribution in [0.15, 0.2) is 53.4 Å². The van der Waals surface area contributed by atoms with Crippen molar-refractivity contribution in [1.82, 2.24) is 4.90 Å². The number of thioether (sulfide) groups is 1. The van der Waals surface area contributed by atoms with E-state index < -0.39 is 17.1 Å². The maximum absolute atomic E-state index is 13.0. The van der Waals surface area contributed by atoms with Crippen molar-refractivity contribution in [2.75, 3.05) is 23.3 Å². The number of imide groups is 1. The number of para-hydroxylation sites is 1. The van der Waals surface area contributed by atoms with E-state index in [4.69, 9.17) is 0 Å². The molecule has 2 aliphatic rings. The second-order valence-electron chi connectivity index (χ2n) is 9.13. The molecule has 1 N–H and O–H groups in total. The Morgan fingerprint density at radius 3 is 2.50 bits per heavy atom. The summed E-state index contributed by atoms with van der Waals surface area (Å²) in [5.41, 5.74) is 5.94. The van der Waals surface area contributed by atoms with Gasteiger partial charge in [0, 0.05) is 23.5 Å². The van der Waals surface area contributed by atoms with Crippen molar-refractivity contribution in [2.24, 2.45) is 0 Å². The van der Waals surface area contributed by atoms with Crippen LogP contribution >= 0.6 is 11.8 Å². The van der Waals surface area contributed by atoms with Crippen LogP contribution in [0.5, 0.6) is 0 Å². The Morgan fingerprint density at radius 2 is 1.82 bits per heavy atom. The number of carbonyl (C=O) groups is 3. The molecule has 2 aliphatic heterocycles. The van der Waals surface area contributed by atoms with E-state index in [0.29, 0.717) is 10.6 Å². The predicted octanol–water partition coefficient (Wildman–Crippen LogP) is 5.69. The standard InChI is InChI=1S/C27H29N3O3S/c1-6-30-22-12-17(2)19(13-21(22)18(3)15-27(30,4)5)14-23-25(32)29(26(33)34-23)16-24(31)28-20-10-8-7-9-11-20/h7-15H,6,16H2,1-5H3,(H,28,31)/b23-14-. The molecule has 0 radical (unpaired) electrons. The average molecular weight is 476 g/mol. The van der Waals surface area contributed by atoms with E-state index in [-0.39, 0.29) is 12.1 Å². The van der Waals surface area contributed by atoms with Crippen LogP contribution in [0.4, 0.5) is 16.2 Å². The SMILES string of the molecule is CCN1c2cc(C)c(/C=C3\SC(=O)N(CC(=O)Nc4ccccc4)C3=O)cc2C(C)=CC1(C)C. The first kappa shape index (κ1) is 23.8. The normalized spacial score (nSPS) is 18.3. The second kappa shape index (κ2) is 9.14. The summed E-state index contributed by atoms with van der Waals surface area (Å²) in [6.45, 7) is 11.2. The maximum Gasteiger partial charge on any atom is 0.294 e. The van der Waals surface area contributed by atoms with E-state index in [1.54, 1.807) is 30.3 Å². The number of likely N-dealkylation sites (N-methyl/N-ethyl adjacent to an activating group) is 1. The number of nitrogens with zero attached hydrogens (tertiary/aromatic N) is 2. The molecule has 0 saturated carbocycles. The van der Waals surface area contributed by atoms with Gasteiger partial charge < -0.3 is 10.2 Å². The molecule has 2 aromatic rings. The van der Waals surface area contributed by atoms with Crippen LogP contribution in [0.1, 0.15) is 44.4 Å². The average Bonchev–Trinajstić information content (AvgIpc) is 3.02. The fourth-order valence-corrected chi connectivity index (χ4v) is 5.45. The number of amides is 3. The van der Waals surface area contributed by atoms with Crippen molar-refractivity contribution in [2.45, 2.75) is 40.2 Å². The van der Waals surface area contributed by atoms with Gasteiger partial charge in [-0.15, -0.1) is 0 Å². The molecule has 3 amide bonds. The van der Waals surface area contributed by atoms with Gasteiger partial charge in [0.1, 0.15) is 6.54 Å². The molecule has 4 rings (SSSR count). The Labute approximate surface area is 204 Å². The Morgan fingerprint density at radius 1 is 1.12 bits per heavy atom. The van der Waals surface area contributed by atoms with Crippen LogP contribution in [0.25, 0.3) is 11.6 Å². The number of nitrogens with one attached hydrogen (secondary N) is 1. The van der Waals surface area contributed by atoms with Crippen LogP contribution in [0.2, 0.25) is 0 Å². The summed E-state index contributed by atoms with van der Waals surface area (Å²) in [7, 11) is 0. The molecular weight excluding hydrogens is 446 g/mol. The molecule has 1 fully saturated rings. The van der Waals surface area contributed by atoms with E-state index in [0.717, 1.165) is 39.9 Å². The third kappa shape index (κ3) is 4.53. The Hall–Kier alpha value is -3.32. The van der Waals surface area contributed by atoms with Gasteiger partial charge in [-0.1, -0.05) is 24.3 Å². The van der Waals surface area contributed by atoms with E-state index in [1.165, 1.54) is 11.3 Å². The van der Waals surface area contributed by atoms with Gasteiger partial charge in [0.2, 0.25) is 5.91 Å². The highest BCUT2D eigenvalue weighted by Crippen LogP contribution is 2.41. The van der Waals surface area contributed by atoms with E-state index in [2.05, 4.69) is 56.1 Å². The molecule has 176 valence electrons. The molecule has 2 aromatic carbocycles. The summed E-state index contributed by atoms with van der Waals surface area (Å²) < 4.78 is 0. The minimum Gasteiger partial charge on any atom is -0.363 e. The third-order valence-electron chi connectivity index (χ3n) is 6.20. The number of allylic oxidation sites excluding steroid dienone is 1. The third-order valence-corrected chi connectivity index (χ3v) is 7.11. The van der Waals surface area contributed by atoms with Crippen molar-refractivity contribution in [3.05, 3.63) is 70.1 Å². The lowest BCUT2D eigenvalue weighted by atomic mass is 9.87. The highest BCUT2D eigenvalue weighted by Gasteiger charge is 2.37. The smallest absolute Gasteiger partial charge is 0.294 e. The molecule has 0 aromatic heterocycles. The minimum absolute atomic E-state index is 0.0806. The number of carbonyl (C=O) groups excluding carboxylic acids is 3. The molecule has 0 unspecified atom stereocenters. The fourth-order valence-electron chi connectivity index (χ4n) is 4.62. The number of aryl methyl sites for hydroxylation is 1. The van der Waals surface area contributed by atoms with Crippen molar-refractivity contribution in [3.63, 3.8) is 0 Å². The summed E-state index contributed by atoms with van der Waals surface area (Å²) in [6, 6.07) is 13.2. The van der Waals surface area contributed by atoms with Gasteiger partial charge in [-0.05, 0) is 93.4 Å². The lowest BCUT2D eigenvalue weighted by molar-refractivity contribution is -0.127. The number of anilines is 2. The van der Waals surface area contributed by atoms with E-state index >= 15 is 0 Å². The Bertz CT molecular complexity index is 1230. The summed E-state index contributed by atoms with van der Waals surface area (Å²) in [6.07, 6.45) is 4.02. The predicted molar refractivity (Wildman–Crippen MR) is 140 cm³/mol. The Balaban J connectivity index is 1.58. The first-order valence-electron chi connectivity index (χ1n) is 11.3. The highest BCUT2D eigenvalue weighted by atomic mass is 32.2. The number of hydrogen-bond acceptors (Lipinski definition) is 5. The largest absolute Gasteiger partial charge is 0.363 e. The first-order valence-corrected chi connectivity index (χ1v) is 12.1. The molecule has 7 heteroatoms.